The van der Waals surface area contributed by atoms with Gasteiger partial charge in [0.1, 0.15) is 0 Å². The molecule has 0 aliphatic heterocycles. The summed E-state index contributed by atoms with van der Waals surface area (Å²) in [5, 5.41) is 7.51. The van der Waals surface area contributed by atoms with Gasteiger partial charge in [0.2, 0.25) is 0 Å². The SMILES string of the molecule is C[C@H](CCc1ccccc1)NC(=O)c1ccc2ncc3c(=O)n(-c4ccccc4)[nH]c3c2c1. The van der Waals surface area contributed by atoms with Crippen molar-refractivity contribution in [3.8, 4) is 5.69 Å². The molecule has 6 heteroatoms. The van der Waals surface area contributed by atoms with Crippen LogP contribution in [0.25, 0.3) is 27.5 Å². The third-order valence-electron chi connectivity index (χ3n) is 5.89. The zero-order chi connectivity index (χ0) is 22.8. The molecule has 1 atom stereocenters. The maximum absolute atomic E-state index is 12.9. The Hall–Kier alpha value is -4.19. The minimum Gasteiger partial charge on any atom is -0.350 e. The molecular weight excluding hydrogens is 412 g/mol. The van der Waals surface area contributed by atoms with Gasteiger partial charge < -0.3 is 5.32 Å². The molecule has 2 heterocycles. The number of aromatic amines is 1. The number of nitrogens with one attached hydrogen (secondary N) is 2. The summed E-state index contributed by atoms with van der Waals surface area (Å²) in [5.41, 5.74) is 3.75. The van der Waals surface area contributed by atoms with Gasteiger partial charge in [-0.3, -0.25) is 19.7 Å². The molecule has 0 aliphatic rings. The first-order valence-electron chi connectivity index (χ1n) is 11.0. The molecule has 0 saturated carbocycles. The van der Waals surface area contributed by atoms with Crippen LogP contribution in [0.15, 0.2) is 89.9 Å². The predicted molar refractivity (Wildman–Crippen MR) is 131 cm³/mol. The summed E-state index contributed by atoms with van der Waals surface area (Å²) < 4.78 is 1.50. The molecule has 2 aromatic heterocycles. The summed E-state index contributed by atoms with van der Waals surface area (Å²) in [5.74, 6) is -0.140. The standard InChI is InChI=1S/C27H24N4O2/c1-18(12-13-19-8-4-2-5-9-19)29-26(32)20-14-15-24-22(16-20)25-23(17-28-24)27(33)31(30-25)21-10-6-3-7-11-21/h2-11,14-18,30H,12-13H2,1H3,(H,29,32)/t18-/m1/s1. The van der Waals surface area contributed by atoms with E-state index in [2.05, 4.69) is 27.5 Å². The maximum atomic E-state index is 12.9. The summed E-state index contributed by atoms with van der Waals surface area (Å²) in [6.07, 6.45) is 3.34. The number of amides is 1. The third kappa shape index (κ3) is 4.15. The Kier molecular flexibility index (Phi) is 5.48. The highest BCUT2D eigenvalue weighted by Crippen LogP contribution is 2.22. The molecular formula is C27H24N4O2. The van der Waals surface area contributed by atoms with Gasteiger partial charge in [0.15, 0.2) is 0 Å². The number of rotatable bonds is 6. The highest BCUT2D eigenvalue weighted by Gasteiger charge is 2.15. The fraction of sp³-hybridized carbons (Fsp3) is 0.148. The largest absolute Gasteiger partial charge is 0.350 e. The van der Waals surface area contributed by atoms with Crippen molar-refractivity contribution in [1.82, 2.24) is 20.1 Å². The number of nitrogens with zero attached hydrogens (tertiary/aromatic N) is 2. The van der Waals surface area contributed by atoms with Gasteiger partial charge in [-0.2, -0.15) is 0 Å². The molecule has 0 radical (unpaired) electrons. The van der Waals surface area contributed by atoms with Crippen molar-refractivity contribution in [3.63, 3.8) is 0 Å². The van der Waals surface area contributed by atoms with Crippen LogP contribution in [0.3, 0.4) is 0 Å². The van der Waals surface area contributed by atoms with Gasteiger partial charge >= 0.3 is 0 Å². The number of carbonyl (C=O) groups excluding carboxylic acids is 1. The van der Waals surface area contributed by atoms with Crippen LogP contribution in [0.1, 0.15) is 29.3 Å². The van der Waals surface area contributed by atoms with Crippen LogP contribution in [0.4, 0.5) is 0 Å². The molecule has 33 heavy (non-hydrogen) atoms. The minimum absolute atomic E-state index is 0.0290. The van der Waals surface area contributed by atoms with Crippen LogP contribution in [0.5, 0.6) is 0 Å². The normalized spacial score (nSPS) is 12.2. The number of pyridine rings is 1. The Balaban J connectivity index is 1.42. The van der Waals surface area contributed by atoms with Crippen molar-refractivity contribution in [2.24, 2.45) is 0 Å². The Morgan fingerprint density at radius 3 is 2.48 bits per heavy atom. The summed E-state index contributed by atoms with van der Waals surface area (Å²) >= 11 is 0. The van der Waals surface area contributed by atoms with E-state index >= 15 is 0 Å². The molecule has 5 aromatic rings. The fourth-order valence-corrected chi connectivity index (χ4v) is 4.07. The van der Waals surface area contributed by atoms with Gasteiger partial charge in [0, 0.05) is 23.2 Å². The topological polar surface area (TPSA) is 79.8 Å². The third-order valence-corrected chi connectivity index (χ3v) is 5.89. The number of fused-ring (bicyclic) bond motifs is 3. The Labute approximate surface area is 190 Å². The lowest BCUT2D eigenvalue weighted by molar-refractivity contribution is 0.0938. The second-order valence-corrected chi connectivity index (χ2v) is 8.27. The lowest BCUT2D eigenvalue weighted by Gasteiger charge is -2.14. The number of hydrogen-bond acceptors (Lipinski definition) is 3. The van der Waals surface area contributed by atoms with Crippen LogP contribution in [-0.2, 0) is 6.42 Å². The zero-order valence-electron chi connectivity index (χ0n) is 18.3. The van der Waals surface area contributed by atoms with Gasteiger partial charge in [-0.05, 0) is 55.7 Å². The quantitative estimate of drug-likeness (QED) is 0.408. The minimum atomic E-state index is -0.171. The second kappa shape index (κ2) is 8.74. The van der Waals surface area contributed by atoms with Crippen molar-refractivity contribution >= 4 is 27.7 Å². The molecule has 6 nitrogen and oxygen atoms in total. The molecule has 0 bridgehead atoms. The van der Waals surface area contributed by atoms with Gasteiger partial charge in [-0.15, -0.1) is 0 Å². The smallest absolute Gasteiger partial charge is 0.280 e. The van der Waals surface area contributed by atoms with E-state index in [1.54, 1.807) is 18.3 Å². The molecule has 0 unspecified atom stereocenters. The average molecular weight is 437 g/mol. The molecule has 1 amide bonds. The first-order valence-corrected chi connectivity index (χ1v) is 11.0. The lowest BCUT2D eigenvalue weighted by atomic mass is 10.1. The summed E-state index contributed by atoms with van der Waals surface area (Å²) in [6, 6.07) is 25.0. The van der Waals surface area contributed by atoms with Crippen LogP contribution in [-0.4, -0.2) is 26.7 Å². The number of para-hydroxylation sites is 1. The van der Waals surface area contributed by atoms with Crippen LogP contribution >= 0.6 is 0 Å². The monoisotopic (exact) mass is 436 g/mol. The number of H-pyrrole nitrogens is 1. The van der Waals surface area contributed by atoms with E-state index in [9.17, 15) is 9.59 Å². The van der Waals surface area contributed by atoms with E-state index in [1.165, 1.54) is 10.2 Å². The first-order chi connectivity index (χ1) is 16.1. The number of carbonyl (C=O) groups is 1. The molecule has 0 aliphatic carbocycles. The van der Waals surface area contributed by atoms with E-state index < -0.39 is 0 Å². The molecule has 2 N–H and O–H groups in total. The highest BCUT2D eigenvalue weighted by atomic mass is 16.1. The van der Waals surface area contributed by atoms with Crippen molar-refractivity contribution in [2.75, 3.05) is 0 Å². The van der Waals surface area contributed by atoms with E-state index in [0.717, 1.165) is 29.4 Å². The Morgan fingerprint density at radius 1 is 1.00 bits per heavy atom. The maximum Gasteiger partial charge on any atom is 0.280 e. The van der Waals surface area contributed by atoms with Crippen LogP contribution < -0.4 is 10.9 Å². The molecule has 3 aromatic carbocycles. The zero-order valence-corrected chi connectivity index (χ0v) is 18.3. The summed E-state index contributed by atoms with van der Waals surface area (Å²) in [7, 11) is 0. The molecule has 0 saturated heterocycles. The van der Waals surface area contributed by atoms with E-state index in [0.29, 0.717) is 16.5 Å². The number of aromatic nitrogens is 3. The predicted octanol–water partition coefficient (Wildman–Crippen LogP) is 4.62. The van der Waals surface area contributed by atoms with E-state index in [4.69, 9.17) is 0 Å². The van der Waals surface area contributed by atoms with Crippen LogP contribution in [0.2, 0.25) is 0 Å². The van der Waals surface area contributed by atoms with E-state index in [1.807, 2.05) is 61.5 Å². The molecule has 5 rings (SSSR count). The van der Waals surface area contributed by atoms with Crippen LogP contribution in [0, 0.1) is 0 Å². The van der Waals surface area contributed by atoms with Gasteiger partial charge in [-0.1, -0.05) is 48.5 Å². The molecule has 0 spiro atoms. The van der Waals surface area contributed by atoms with E-state index in [-0.39, 0.29) is 17.5 Å². The van der Waals surface area contributed by atoms with Crippen molar-refractivity contribution < 1.29 is 4.79 Å². The number of aryl methyl sites for hydroxylation is 1. The fourth-order valence-electron chi connectivity index (χ4n) is 4.07. The highest BCUT2D eigenvalue weighted by molar-refractivity contribution is 6.06. The van der Waals surface area contributed by atoms with Gasteiger partial charge in [0.25, 0.3) is 11.5 Å². The Bertz CT molecular complexity index is 1490. The molecule has 164 valence electrons. The number of benzene rings is 3. The molecule has 0 fully saturated rings. The summed E-state index contributed by atoms with van der Waals surface area (Å²) in [4.78, 5) is 30.3. The van der Waals surface area contributed by atoms with Crippen molar-refractivity contribution in [2.45, 2.75) is 25.8 Å². The summed E-state index contributed by atoms with van der Waals surface area (Å²) in [6.45, 7) is 2.01. The van der Waals surface area contributed by atoms with Gasteiger partial charge in [-0.25, -0.2) is 4.68 Å². The average Bonchev–Trinajstić information content (AvgIpc) is 3.20. The van der Waals surface area contributed by atoms with Crippen molar-refractivity contribution in [1.29, 1.82) is 0 Å². The number of hydrogen-bond donors (Lipinski definition) is 2. The van der Waals surface area contributed by atoms with Gasteiger partial charge in [0.05, 0.1) is 22.1 Å². The Morgan fingerprint density at radius 2 is 1.73 bits per heavy atom. The second-order valence-electron chi connectivity index (χ2n) is 8.27. The van der Waals surface area contributed by atoms with Crippen molar-refractivity contribution in [3.05, 3.63) is 107 Å². The lowest BCUT2D eigenvalue weighted by Crippen LogP contribution is -2.32. The first kappa shape index (κ1) is 20.7.